The van der Waals surface area contributed by atoms with Gasteiger partial charge < -0.3 is 10.4 Å². The van der Waals surface area contributed by atoms with E-state index in [1.165, 1.54) is 0 Å². The fourth-order valence-corrected chi connectivity index (χ4v) is 2.00. The number of aliphatic hydroxyl groups is 1. The molecule has 0 saturated heterocycles. The van der Waals surface area contributed by atoms with Crippen LogP contribution < -0.4 is 5.32 Å². The van der Waals surface area contributed by atoms with E-state index in [1.54, 1.807) is 18.2 Å². The number of nitrogens with one attached hydrogen (secondary N) is 1. The topological polar surface area (TPSA) is 32.3 Å². The minimum atomic E-state index is -0.655. The van der Waals surface area contributed by atoms with Gasteiger partial charge in [-0.2, -0.15) is 0 Å². The predicted molar refractivity (Wildman–Crippen MR) is 64.6 cm³/mol. The van der Waals surface area contributed by atoms with Crippen LogP contribution in [-0.2, 0) is 0 Å². The highest BCUT2D eigenvalue weighted by Crippen LogP contribution is 2.29. The molecule has 0 aliphatic heterocycles. The zero-order chi connectivity index (χ0) is 11.3. The standard InChI is InChI=1S/C11H15Cl2NO/c1-2-6-14-7-10(15)11-8(12)4-3-5-9(11)13/h3-5,10,14-15H,2,6-7H2,1H3. The summed E-state index contributed by atoms with van der Waals surface area (Å²) in [6, 6.07) is 5.22. The normalized spacial score (nSPS) is 12.8. The third-order valence-corrected chi connectivity index (χ3v) is 2.76. The predicted octanol–water partition coefficient (Wildman–Crippen LogP) is 3.03. The van der Waals surface area contributed by atoms with E-state index in [2.05, 4.69) is 12.2 Å². The van der Waals surface area contributed by atoms with E-state index in [0.717, 1.165) is 13.0 Å². The Morgan fingerprint density at radius 2 is 1.93 bits per heavy atom. The van der Waals surface area contributed by atoms with Crippen LogP contribution in [0.3, 0.4) is 0 Å². The molecule has 0 aliphatic rings. The van der Waals surface area contributed by atoms with Crippen molar-refractivity contribution in [1.29, 1.82) is 0 Å². The second-order valence-electron chi connectivity index (χ2n) is 3.36. The molecule has 1 rings (SSSR count). The first-order chi connectivity index (χ1) is 7.16. The molecule has 4 heteroatoms. The molecular formula is C11H15Cl2NO. The molecule has 0 radical (unpaired) electrons. The lowest BCUT2D eigenvalue weighted by Gasteiger charge is -2.14. The Morgan fingerprint density at radius 1 is 1.33 bits per heavy atom. The summed E-state index contributed by atoms with van der Waals surface area (Å²) < 4.78 is 0. The smallest absolute Gasteiger partial charge is 0.0943 e. The molecule has 0 bridgehead atoms. The van der Waals surface area contributed by atoms with Crippen molar-refractivity contribution in [1.82, 2.24) is 5.32 Å². The average molecular weight is 248 g/mol. The molecule has 0 aliphatic carbocycles. The van der Waals surface area contributed by atoms with Gasteiger partial charge in [0.2, 0.25) is 0 Å². The maximum atomic E-state index is 9.88. The molecule has 1 aromatic carbocycles. The first-order valence-corrected chi connectivity index (χ1v) is 5.75. The van der Waals surface area contributed by atoms with E-state index in [0.29, 0.717) is 22.2 Å². The number of halogens is 2. The minimum absolute atomic E-state index is 0.470. The van der Waals surface area contributed by atoms with Crippen molar-refractivity contribution < 1.29 is 5.11 Å². The third kappa shape index (κ3) is 3.65. The third-order valence-electron chi connectivity index (χ3n) is 2.10. The molecule has 0 heterocycles. The van der Waals surface area contributed by atoms with Gasteiger partial charge in [-0.3, -0.25) is 0 Å². The summed E-state index contributed by atoms with van der Waals surface area (Å²) in [5.41, 5.74) is 0.601. The Balaban J connectivity index is 2.68. The first kappa shape index (κ1) is 12.8. The lowest BCUT2D eigenvalue weighted by Crippen LogP contribution is -2.22. The van der Waals surface area contributed by atoms with E-state index in [1.807, 2.05) is 0 Å². The van der Waals surface area contributed by atoms with E-state index >= 15 is 0 Å². The molecule has 1 atom stereocenters. The van der Waals surface area contributed by atoms with Gasteiger partial charge in [-0.15, -0.1) is 0 Å². The van der Waals surface area contributed by atoms with Crippen LogP contribution in [-0.4, -0.2) is 18.2 Å². The summed E-state index contributed by atoms with van der Waals surface area (Å²) >= 11 is 11.9. The van der Waals surface area contributed by atoms with Crippen molar-refractivity contribution in [2.75, 3.05) is 13.1 Å². The first-order valence-electron chi connectivity index (χ1n) is 4.99. The molecular weight excluding hydrogens is 233 g/mol. The average Bonchev–Trinajstić information content (AvgIpc) is 2.18. The molecule has 0 spiro atoms. The SMILES string of the molecule is CCCNCC(O)c1c(Cl)cccc1Cl. The van der Waals surface area contributed by atoms with Gasteiger partial charge in [-0.05, 0) is 25.1 Å². The molecule has 0 saturated carbocycles. The fourth-order valence-electron chi connectivity index (χ4n) is 1.35. The van der Waals surface area contributed by atoms with Crippen LogP contribution in [0.2, 0.25) is 10.0 Å². The second-order valence-corrected chi connectivity index (χ2v) is 4.17. The van der Waals surface area contributed by atoms with Crippen molar-refractivity contribution in [3.63, 3.8) is 0 Å². The monoisotopic (exact) mass is 247 g/mol. The summed E-state index contributed by atoms with van der Waals surface area (Å²) in [6.07, 6.45) is 0.376. The van der Waals surface area contributed by atoms with Gasteiger partial charge in [0.25, 0.3) is 0 Å². The Kier molecular flexibility index (Phi) is 5.40. The molecule has 1 aromatic rings. The van der Waals surface area contributed by atoms with Gasteiger partial charge in [0.05, 0.1) is 6.10 Å². The summed E-state index contributed by atoms with van der Waals surface area (Å²) in [5, 5.41) is 14.0. The van der Waals surface area contributed by atoms with Crippen molar-refractivity contribution in [2.24, 2.45) is 0 Å². The Morgan fingerprint density at radius 3 is 2.47 bits per heavy atom. The summed E-state index contributed by atoms with van der Waals surface area (Å²) in [5.74, 6) is 0. The molecule has 2 N–H and O–H groups in total. The van der Waals surface area contributed by atoms with Crippen molar-refractivity contribution in [3.8, 4) is 0 Å². The maximum absolute atomic E-state index is 9.88. The Bertz CT molecular complexity index is 297. The Hall–Kier alpha value is -0.280. The van der Waals surface area contributed by atoms with Gasteiger partial charge in [0, 0.05) is 22.2 Å². The summed E-state index contributed by atoms with van der Waals surface area (Å²) in [4.78, 5) is 0. The summed E-state index contributed by atoms with van der Waals surface area (Å²) in [6.45, 7) is 3.41. The number of hydrogen-bond donors (Lipinski definition) is 2. The highest BCUT2D eigenvalue weighted by Gasteiger charge is 2.14. The number of aliphatic hydroxyl groups excluding tert-OH is 1. The number of hydrogen-bond acceptors (Lipinski definition) is 2. The van der Waals surface area contributed by atoms with Crippen LogP contribution in [0.1, 0.15) is 25.0 Å². The van der Waals surface area contributed by atoms with E-state index in [9.17, 15) is 5.11 Å². The molecule has 0 amide bonds. The van der Waals surface area contributed by atoms with Crippen molar-refractivity contribution >= 4 is 23.2 Å². The van der Waals surface area contributed by atoms with Crippen LogP contribution >= 0.6 is 23.2 Å². The highest BCUT2D eigenvalue weighted by molar-refractivity contribution is 6.36. The maximum Gasteiger partial charge on any atom is 0.0943 e. The molecule has 1 unspecified atom stereocenters. The van der Waals surface area contributed by atoms with Crippen molar-refractivity contribution in [3.05, 3.63) is 33.8 Å². The van der Waals surface area contributed by atoms with Crippen LogP contribution in [0.15, 0.2) is 18.2 Å². The molecule has 84 valence electrons. The lowest BCUT2D eigenvalue weighted by atomic mass is 10.1. The quantitative estimate of drug-likeness (QED) is 0.785. The van der Waals surface area contributed by atoms with E-state index in [4.69, 9.17) is 23.2 Å². The largest absolute Gasteiger partial charge is 0.387 e. The van der Waals surface area contributed by atoms with Gasteiger partial charge in [0.15, 0.2) is 0 Å². The van der Waals surface area contributed by atoms with E-state index in [-0.39, 0.29) is 0 Å². The zero-order valence-electron chi connectivity index (χ0n) is 8.63. The second kappa shape index (κ2) is 6.33. The summed E-state index contributed by atoms with van der Waals surface area (Å²) in [7, 11) is 0. The highest BCUT2D eigenvalue weighted by atomic mass is 35.5. The Labute approximate surface area is 100 Å². The number of rotatable bonds is 5. The van der Waals surface area contributed by atoms with Crippen LogP contribution in [0.25, 0.3) is 0 Å². The van der Waals surface area contributed by atoms with Crippen molar-refractivity contribution in [2.45, 2.75) is 19.4 Å². The van der Waals surface area contributed by atoms with Crippen LogP contribution in [0, 0.1) is 0 Å². The molecule has 15 heavy (non-hydrogen) atoms. The van der Waals surface area contributed by atoms with Gasteiger partial charge in [-0.1, -0.05) is 36.2 Å². The molecule has 0 fully saturated rings. The van der Waals surface area contributed by atoms with Gasteiger partial charge in [0.1, 0.15) is 0 Å². The minimum Gasteiger partial charge on any atom is -0.387 e. The van der Waals surface area contributed by atoms with Crippen LogP contribution in [0.4, 0.5) is 0 Å². The molecule has 0 aromatic heterocycles. The van der Waals surface area contributed by atoms with Gasteiger partial charge in [-0.25, -0.2) is 0 Å². The zero-order valence-corrected chi connectivity index (χ0v) is 10.1. The fraction of sp³-hybridized carbons (Fsp3) is 0.455. The molecule has 2 nitrogen and oxygen atoms in total. The van der Waals surface area contributed by atoms with Gasteiger partial charge >= 0.3 is 0 Å². The lowest BCUT2D eigenvalue weighted by molar-refractivity contribution is 0.175. The van der Waals surface area contributed by atoms with Crippen LogP contribution in [0.5, 0.6) is 0 Å². The number of benzene rings is 1. The van der Waals surface area contributed by atoms with E-state index < -0.39 is 6.10 Å².